The second-order valence-electron chi connectivity index (χ2n) is 5.02. The Morgan fingerprint density at radius 3 is 2.77 bits per heavy atom. The summed E-state index contributed by atoms with van der Waals surface area (Å²) in [5.74, 6) is -0.141. The van der Waals surface area contributed by atoms with E-state index in [9.17, 15) is 4.79 Å². The Labute approximate surface area is 137 Å². The van der Waals surface area contributed by atoms with Crippen LogP contribution in [0, 0.1) is 6.92 Å². The standard InChI is InChI=1S/C16H15ClN2O2S/c1-10-2-4-11(5-3-10)13-8-12(21-19-13)9-18-16(20)14-6-7-15(17)22-14/h2-8,12,19H,9H2,1H3,(H,18,20). The Bertz CT molecular complexity index is 709. The molecule has 1 unspecified atom stereocenters. The monoisotopic (exact) mass is 334 g/mol. The minimum Gasteiger partial charge on any atom is -0.348 e. The number of nitrogens with one attached hydrogen (secondary N) is 2. The average Bonchev–Trinajstić information content (AvgIpc) is 3.15. The third-order valence-corrected chi connectivity index (χ3v) is 4.53. The van der Waals surface area contributed by atoms with Gasteiger partial charge in [-0.05, 0) is 30.7 Å². The molecule has 114 valence electrons. The van der Waals surface area contributed by atoms with E-state index in [-0.39, 0.29) is 12.0 Å². The first-order valence-corrected chi connectivity index (χ1v) is 8.05. The van der Waals surface area contributed by atoms with E-state index in [2.05, 4.69) is 10.8 Å². The van der Waals surface area contributed by atoms with Gasteiger partial charge in [0.15, 0.2) is 0 Å². The number of aryl methyl sites for hydroxylation is 1. The maximum absolute atomic E-state index is 11.9. The first-order valence-electron chi connectivity index (χ1n) is 6.86. The van der Waals surface area contributed by atoms with Crippen LogP contribution in [0.15, 0.2) is 42.5 Å². The summed E-state index contributed by atoms with van der Waals surface area (Å²) in [6.45, 7) is 2.45. The fraction of sp³-hybridized carbons (Fsp3) is 0.188. The minimum absolute atomic E-state index is 0.141. The van der Waals surface area contributed by atoms with Gasteiger partial charge in [-0.1, -0.05) is 41.4 Å². The number of amides is 1. The van der Waals surface area contributed by atoms with Crippen molar-refractivity contribution in [2.24, 2.45) is 0 Å². The normalized spacial score (nSPS) is 17.0. The van der Waals surface area contributed by atoms with Gasteiger partial charge >= 0.3 is 0 Å². The van der Waals surface area contributed by atoms with E-state index in [1.54, 1.807) is 12.1 Å². The molecule has 6 heteroatoms. The third kappa shape index (κ3) is 3.50. The van der Waals surface area contributed by atoms with Crippen LogP contribution in [0.25, 0.3) is 5.70 Å². The lowest BCUT2D eigenvalue weighted by molar-refractivity contribution is 0.0499. The number of hydrogen-bond donors (Lipinski definition) is 2. The summed E-state index contributed by atoms with van der Waals surface area (Å²) < 4.78 is 0.602. The lowest BCUT2D eigenvalue weighted by Gasteiger charge is -2.08. The Hall–Kier alpha value is -1.82. The van der Waals surface area contributed by atoms with Crippen molar-refractivity contribution < 1.29 is 9.63 Å². The van der Waals surface area contributed by atoms with Crippen molar-refractivity contribution in [3.63, 3.8) is 0 Å². The molecule has 2 heterocycles. The van der Waals surface area contributed by atoms with Crippen LogP contribution in [0.5, 0.6) is 0 Å². The lowest BCUT2D eigenvalue weighted by Crippen LogP contribution is -2.31. The maximum atomic E-state index is 11.9. The molecule has 0 bridgehead atoms. The number of benzene rings is 1. The molecule has 0 spiro atoms. The molecule has 0 aliphatic carbocycles. The highest BCUT2D eigenvalue weighted by Gasteiger charge is 2.19. The number of halogens is 1. The zero-order chi connectivity index (χ0) is 15.5. The molecular weight excluding hydrogens is 320 g/mol. The van der Waals surface area contributed by atoms with E-state index < -0.39 is 0 Å². The molecule has 0 fully saturated rings. The number of thiophene rings is 1. The fourth-order valence-electron chi connectivity index (χ4n) is 2.10. The smallest absolute Gasteiger partial charge is 0.261 e. The molecular formula is C16H15ClN2O2S. The minimum atomic E-state index is -0.198. The van der Waals surface area contributed by atoms with E-state index >= 15 is 0 Å². The summed E-state index contributed by atoms with van der Waals surface area (Å²) in [5.41, 5.74) is 6.09. The Morgan fingerprint density at radius 1 is 1.32 bits per heavy atom. The van der Waals surface area contributed by atoms with Gasteiger partial charge in [-0.25, -0.2) is 0 Å². The maximum Gasteiger partial charge on any atom is 0.261 e. The Kier molecular flexibility index (Phi) is 4.47. The molecule has 1 aliphatic heterocycles. The van der Waals surface area contributed by atoms with E-state index in [4.69, 9.17) is 16.4 Å². The molecule has 2 N–H and O–H groups in total. The predicted molar refractivity (Wildman–Crippen MR) is 88.8 cm³/mol. The first-order chi connectivity index (χ1) is 10.6. The highest BCUT2D eigenvalue weighted by molar-refractivity contribution is 7.17. The fourth-order valence-corrected chi connectivity index (χ4v) is 3.06. The summed E-state index contributed by atoms with van der Waals surface area (Å²) in [6, 6.07) is 11.6. The van der Waals surface area contributed by atoms with Crippen molar-refractivity contribution in [3.8, 4) is 0 Å². The average molecular weight is 335 g/mol. The van der Waals surface area contributed by atoms with Crippen molar-refractivity contribution in [2.75, 3.05) is 6.54 Å². The van der Waals surface area contributed by atoms with Crippen molar-refractivity contribution in [1.29, 1.82) is 0 Å². The number of hydroxylamine groups is 1. The number of carbonyl (C=O) groups excluding carboxylic acids is 1. The topological polar surface area (TPSA) is 50.4 Å². The van der Waals surface area contributed by atoms with Crippen LogP contribution in [0.2, 0.25) is 4.34 Å². The van der Waals surface area contributed by atoms with Gasteiger partial charge in [0.1, 0.15) is 6.10 Å². The van der Waals surface area contributed by atoms with Crippen LogP contribution in [0.1, 0.15) is 20.8 Å². The summed E-state index contributed by atoms with van der Waals surface area (Å²) in [5, 5.41) is 2.84. The molecule has 1 aromatic heterocycles. The van der Waals surface area contributed by atoms with Gasteiger partial charge in [-0.15, -0.1) is 11.3 Å². The lowest BCUT2D eigenvalue weighted by atomic mass is 10.1. The van der Waals surface area contributed by atoms with Crippen LogP contribution in [-0.4, -0.2) is 18.6 Å². The molecule has 22 heavy (non-hydrogen) atoms. The number of hydrogen-bond acceptors (Lipinski definition) is 4. The van der Waals surface area contributed by atoms with Crippen molar-refractivity contribution in [2.45, 2.75) is 13.0 Å². The molecule has 4 nitrogen and oxygen atoms in total. The Balaban J connectivity index is 1.58. The number of carbonyl (C=O) groups is 1. The number of rotatable bonds is 4. The van der Waals surface area contributed by atoms with Crippen LogP contribution < -0.4 is 10.8 Å². The summed E-state index contributed by atoms with van der Waals surface area (Å²) in [6.07, 6.45) is 1.77. The zero-order valence-corrected chi connectivity index (χ0v) is 13.5. The summed E-state index contributed by atoms with van der Waals surface area (Å²) in [4.78, 5) is 18.0. The van der Waals surface area contributed by atoms with Crippen molar-refractivity contribution in [1.82, 2.24) is 10.8 Å². The Morgan fingerprint density at radius 2 is 2.09 bits per heavy atom. The van der Waals surface area contributed by atoms with E-state index in [1.807, 2.05) is 37.3 Å². The quantitative estimate of drug-likeness (QED) is 0.901. The van der Waals surface area contributed by atoms with Crippen LogP contribution in [0.4, 0.5) is 0 Å². The van der Waals surface area contributed by atoms with Gasteiger partial charge in [0.05, 0.1) is 21.5 Å². The van der Waals surface area contributed by atoms with Crippen molar-refractivity contribution in [3.05, 3.63) is 62.8 Å². The largest absolute Gasteiger partial charge is 0.348 e. The molecule has 2 aromatic rings. The van der Waals surface area contributed by atoms with Gasteiger partial charge < -0.3 is 5.32 Å². The van der Waals surface area contributed by atoms with Gasteiger partial charge in [0.2, 0.25) is 0 Å². The van der Waals surface area contributed by atoms with Crippen LogP contribution >= 0.6 is 22.9 Å². The highest BCUT2D eigenvalue weighted by atomic mass is 35.5. The molecule has 1 atom stereocenters. The highest BCUT2D eigenvalue weighted by Crippen LogP contribution is 2.21. The van der Waals surface area contributed by atoms with Gasteiger partial charge in [-0.2, -0.15) is 0 Å². The zero-order valence-electron chi connectivity index (χ0n) is 11.9. The molecule has 0 saturated carbocycles. The van der Waals surface area contributed by atoms with E-state index in [0.29, 0.717) is 15.8 Å². The third-order valence-electron chi connectivity index (χ3n) is 3.30. The molecule has 3 rings (SSSR count). The molecule has 1 aromatic carbocycles. The summed E-state index contributed by atoms with van der Waals surface area (Å²) >= 11 is 7.08. The van der Waals surface area contributed by atoms with Gasteiger partial charge in [-0.3, -0.25) is 15.1 Å². The first kappa shape index (κ1) is 15.1. The molecule has 0 radical (unpaired) electrons. The van der Waals surface area contributed by atoms with Gasteiger partial charge in [0, 0.05) is 0 Å². The second kappa shape index (κ2) is 6.52. The predicted octanol–water partition coefficient (Wildman–Crippen LogP) is 3.38. The van der Waals surface area contributed by atoms with Crippen LogP contribution in [0.3, 0.4) is 0 Å². The molecule has 0 saturated heterocycles. The van der Waals surface area contributed by atoms with Crippen LogP contribution in [-0.2, 0) is 4.84 Å². The van der Waals surface area contributed by atoms with Gasteiger partial charge in [0.25, 0.3) is 5.91 Å². The second-order valence-corrected chi connectivity index (χ2v) is 6.73. The summed E-state index contributed by atoms with van der Waals surface area (Å²) in [7, 11) is 0. The van der Waals surface area contributed by atoms with E-state index in [1.165, 1.54) is 16.9 Å². The van der Waals surface area contributed by atoms with E-state index in [0.717, 1.165) is 11.3 Å². The molecule has 1 amide bonds. The molecule has 1 aliphatic rings. The van der Waals surface area contributed by atoms with Crippen molar-refractivity contribution >= 4 is 34.5 Å². The SMILES string of the molecule is Cc1ccc(C2=CC(CNC(=O)c3ccc(Cl)s3)ON2)cc1.